The molecule has 0 radical (unpaired) electrons. The molecule has 1 aliphatic heterocycles. The molecule has 2 aliphatic rings. The molecule has 1 aliphatic carbocycles. The molecule has 4 rings (SSSR count). The summed E-state index contributed by atoms with van der Waals surface area (Å²) < 4.78 is 1.89. The molecule has 6 heteroatoms. The highest BCUT2D eigenvalue weighted by atomic mass is 16.2. The second kappa shape index (κ2) is 8.23. The minimum Gasteiger partial charge on any atom is -0.327 e. The molecule has 1 N–H and O–H groups in total. The predicted molar refractivity (Wildman–Crippen MR) is 113 cm³/mol. The number of carbonyl (C=O) groups excluding carboxylic acids is 2. The maximum Gasteiger partial charge on any atom is 0.250 e. The van der Waals surface area contributed by atoms with Crippen LogP contribution in [-0.4, -0.2) is 39.1 Å². The van der Waals surface area contributed by atoms with E-state index in [4.69, 9.17) is 0 Å². The summed E-state index contributed by atoms with van der Waals surface area (Å²) in [6.07, 6.45) is 7.51. The predicted octanol–water partition coefficient (Wildman–Crippen LogP) is 3.92. The zero-order valence-corrected chi connectivity index (χ0v) is 17.1. The van der Waals surface area contributed by atoms with E-state index in [1.54, 1.807) is 4.90 Å². The first-order valence-electron chi connectivity index (χ1n) is 10.5. The molecule has 2 amide bonds. The Labute approximate surface area is 171 Å². The second-order valence-corrected chi connectivity index (χ2v) is 8.01. The second-order valence-electron chi connectivity index (χ2n) is 8.01. The quantitative estimate of drug-likeness (QED) is 0.858. The van der Waals surface area contributed by atoms with Gasteiger partial charge in [0.25, 0.3) is 0 Å². The molecule has 2 heterocycles. The van der Waals surface area contributed by atoms with Crippen molar-refractivity contribution in [1.29, 1.82) is 0 Å². The summed E-state index contributed by atoms with van der Waals surface area (Å²) in [7, 11) is 0. The average Bonchev–Trinajstić information content (AvgIpc) is 3.37. The molecule has 1 fully saturated rings. The topological polar surface area (TPSA) is 67.2 Å². The van der Waals surface area contributed by atoms with Gasteiger partial charge >= 0.3 is 0 Å². The number of piperidine rings is 1. The van der Waals surface area contributed by atoms with E-state index in [2.05, 4.69) is 10.4 Å². The van der Waals surface area contributed by atoms with E-state index in [0.717, 1.165) is 60.4 Å². The van der Waals surface area contributed by atoms with Gasteiger partial charge in [-0.2, -0.15) is 5.10 Å². The van der Waals surface area contributed by atoms with Crippen LogP contribution in [0.25, 0.3) is 5.69 Å². The van der Waals surface area contributed by atoms with Crippen molar-refractivity contribution in [1.82, 2.24) is 14.7 Å². The van der Waals surface area contributed by atoms with Crippen LogP contribution in [0.15, 0.2) is 42.0 Å². The number of anilines is 1. The summed E-state index contributed by atoms with van der Waals surface area (Å²) in [4.78, 5) is 27.6. The maximum absolute atomic E-state index is 13.0. The van der Waals surface area contributed by atoms with E-state index < -0.39 is 6.04 Å². The Bertz CT molecular complexity index is 942. The molecule has 1 saturated heterocycles. The van der Waals surface area contributed by atoms with Gasteiger partial charge in [-0.15, -0.1) is 0 Å². The number of hydrogen-bond acceptors (Lipinski definition) is 3. The number of allylic oxidation sites excluding steroid dienone is 1. The Balaban J connectivity index is 1.46. The van der Waals surface area contributed by atoms with Crippen LogP contribution in [0.2, 0.25) is 0 Å². The van der Waals surface area contributed by atoms with Gasteiger partial charge < -0.3 is 10.2 Å². The molecule has 0 unspecified atom stereocenters. The van der Waals surface area contributed by atoms with E-state index in [0.29, 0.717) is 13.0 Å². The van der Waals surface area contributed by atoms with Crippen molar-refractivity contribution in [2.45, 2.75) is 58.4 Å². The van der Waals surface area contributed by atoms with Crippen LogP contribution in [0.1, 0.15) is 49.9 Å². The van der Waals surface area contributed by atoms with Crippen LogP contribution >= 0.6 is 0 Å². The number of hydrogen-bond donors (Lipinski definition) is 1. The number of amides is 2. The Morgan fingerprint density at radius 1 is 1.10 bits per heavy atom. The smallest absolute Gasteiger partial charge is 0.250 e. The highest BCUT2D eigenvalue weighted by Crippen LogP contribution is 2.26. The summed E-state index contributed by atoms with van der Waals surface area (Å²) in [5.41, 5.74) is 4.60. The Hall–Kier alpha value is -2.89. The van der Waals surface area contributed by atoms with E-state index in [1.165, 1.54) is 0 Å². The molecular weight excluding hydrogens is 364 g/mol. The van der Waals surface area contributed by atoms with E-state index in [9.17, 15) is 9.59 Å². The zero-order valence-electron chi connectivity index (χ0n) is 17.1. The van der Waals surface area contributed by atoms with Gasteiger partial charge in [0.05, 0.1) is 11.4 Å². The summed E-state index contributed by atoms with van der Waals surface area (Å²) in [5.74, 6) is -0.0577. The van der Waals surface area contributed by atoms with Gasteiger partial charge in [0, 0.05) is 23.5 Å². The lowest BCUT2D eigenvalue weighted by Crippen LogP contribution is -2.50. The third kappa shape index (κ3) is 4.11. The van der Waals surface area contributed by atoms with Crippen LogP contribution < -0.4 is 5.32 Å². The minimum atomic E-state index is -0.395. The molecule has 0 spiro atoms. The minimum absolute atomic E-state index is 0.0437. The maximum atomic E-state index is 13.0. The first-order chi connectivity index (χ1) is 14.0. The van der Waals surface area contributed by atoms with Crippen molar-refractivity contribution >= 4 is 17.5 Å². The Morgan fingerprint density at radius 2 is 1.90 bits per heavy atom. The number of nitrogens with zero attached hydrogens (tertiary/aromatic N) is 3. The van der Waals surface area contributed by atoms with Crippen molar-refractivity contribution in [2.24, 2.45) is 0 Å². The first kappa shape index (κ1) is 19.4. The van der Waals surface area contributed by atoms with Gasteiger partial charge in [-0.3, -0.25) is 9.59 Å². The van der Waals surface area contributed by atoms with Crippen LogP contribution in [-0.2, 0) is 9.59 Å². The average molecular weight is 393 g/mol. The number of nitrogens with one attached hydrogen (secondary N) is 1. The van der Waals surface area contributed by atoms with Crippen molar-refractivity contribution < 1.29 is 9.59 Å². The van der Waals surface area contributed by atoms with Crippen LogP contribution in [0.3, 0.4) is 0 Å². The number of aromatic nitrogens is 2. The molecule has 0 bridgehead atoms. The Kier molecular flexibility index (Phi) is 5.51. The molecule has 1 atom stereocenters. The van der Waals surface area contributed by atoms with Gasteiger partial charge in [0.2, 0.25) is 11.8 Å². The fourth-order valence-electron chi connectivity index (χ4n) is 4.30. The lowest BCUT2D eigenvalue weighted by atomic mass is 9.99. The molecule has 152 valence electrons. The fraction of sp³-hybridized carbons (Fsp3) is 0.435. The standard InChI is InChI=1S/C23H28N4O2/c1-16-15-17(2)27(25-16)20-12-10-19(11-13-20)24-22(28)21-9-5-6-14-26(21)23(29)18-7-3-4-8-18/h7,10-13,15,21H,3-6,8-9,14H2,1-2H3,(H,24,28)/t21-/m0/s1. The summed E-state index contributed by atoms with van der Waals surface area (Å²) in [6, 6.07) is 9.30. The van der Waals surface area contributed by atoms with Crippen molar-refractivity contribution in [3.63, 3.8) is 0 Å². The lowest BCUT2D eigenvalue weighted by Gasteiger charge is -2.35. The molecule has 2 aromatic rings. The summed E-state index contributed by atoms with van der Waals surface area (Å²) in [5, 5.41) is 7.50. The van der Waals surface area contributed by atoms with E-state index in [1.807, 2.05) is 54.9 Å². The van der Waals surface area contributed by atoms with Crippen molar-refractivity contribution in [2.75, 3.05) is 11.9 Å². The lowest BCUT2D eigenvalue weighted by molar-refractivity contribution is -0.137. The summed E-state index contributed by atoms with van der Waals surface area (Å²) >= 11 is 0. The van der Waals surface area contributed by atoms with Crippen LogP contribution in [0.4, 0.5) is 5.69 Å². The van der Waals surface area contributed by atoms with Gasteiger partial charge in [-0.25, -0.2) is 4.68 Å². The molecule has 29 heavy (non-hydrogen) atoms. The number of likely N-dealkylation sites (tertiary alicyclic amines) is 1. The number of carbonyl (C=O) groups is 2. The van der Waals surface area contributed by atoms with E-state index >= 15 is 0 Å². The molecule has 1 aromatic heterocycles. The third-order valence-corrected chi connectivity index (χ3v) is 5.77. The van der Waals surface area contributed by atoms with Gasteiger partial charge in [-0.1, -0.05) is 6.08 Å². The van der Waals surface area contributed by atoms with Gasteiger partial charge in [0.1, 0.15) is 6.04 Å². The Morgan fingerprint density at radius 3 is 2.55 bits per heavy atom. The molecular formula is C23H28N4O2. The molecule has 6 nitrogen and oxygen atoms in total. The van der Waals surface area contributed by atoms with Gasteiger partial charge in [-0.05, 0) is 82.7 Å². The zero-order chi connectivity index (χ0) is 20.4. The van der Waals surface area contributed by atoms with Crippen molar-refractivity contribution in [3.05, 3.63) is 53.4 Å². The van der Waals surface area contributed by atoms with E-state index in [-0.39, 0.29) is 11.8 Å². The SMILES string of the molecule is Cc1cc(C)n(-c2ccc(NC(=O)[C@@H]3CCCCN3C(=O)C3=CCCC3)cc2)n1. The number of benzene rings is 1. The fourth-order valence-corrected chi connectivity index (χ4v) is 4.30. The third-order valence-electron chi connectivity index (χ3n) is 5.77. The largest absolute Gasteiger partial charge is 0.327 e. The highest BCUT2D eigenvalue weighted by molar-refractivity contribution is 6.01. The highest BCUT2D eigenvalue weighted by Gasteiger charge is 2.33. The summed E-state index contributed by atoms with van der Waals surface area (Å²) in [6.45, 7) is 4.65. The number of rotatable bonds is 4. The molecule has 1 aromatic carbocycles. The number of aryl methyl sites for hydroxylation is 2. The van der Waals surface area contributed by atoms with Crippen LogP contribution in [0.5, 0.6) is 0 Å². The van der Waals surface area contributed by atoms with Crippen molar-refractivity contribution in [3.8, 4) is 5.69 Å². The first-order valence-corrected chi connectivity index (χ1v) is 10.5. The molecule has 0 saturated carbocycles. The van der Waals surface area contributed by atoms with Gasteiger partial charge in [0.15, 0.2) is 0 Å². The monoisotopic (exact) mass is 392 g/mol. The van der Waals surface area contributed by atoms with Crippen LogP contribution in [0, 0.1) is 13.8 Å². The normalized spacial score (nSPS) is 19.2.